The maximum Gasteiger partial charge on any atom is 0.126 e. The average molecular weight is 302 g/mol. The molecule has 2 nitrogen and oxygen atoms in total. The Kier molecular flexibility index (Phi) is 3.58. The van der Waals surface area contributed by atoms with E-state index < -0.39 is 17.5 Å². The second-order valence-electron chi connectivity index (χ2n) is 5.21. The summed E-state index contributed by atoms with van der Waals surface area (Å²) in [4.78, 5) is 4.36. The first-order valence-corrected chi connectivity index (χ1v) is 6.76. The Balaban J connectivity index is 2.32. The zero-order valence-electron chi connectivity index (χ0n) is 11.8. The van der Waals surface area contributed by atoms with E-state index in [1.54, 1.807) is 19.1 Å². The van der Waals surface area contributed by atoms with Gasteiger partial charge in [0.05, 0.1) is 11.2 Å². The Bertz CT molecular complexity index is 840. The van der Waals surface area contributed by atoms with Crippen molar-refractivity contribution in [3.63, 3.8) is 0 Å². The van der Waals surface area contributed by atoms with Gasteiger partial charge in [-0.05, 0) is 42.8 Å². The molecular weight excluding hydrogens is 289 g/mol. The molecule has 0 amide bonds. The van der Waals surface area contributed by atoms with Crippen molar-refractivity contribution in [1.82, 2.24) is 4.98 Å². The molecule has 5 heteroatoms. The zero-order valence-corrected chi connectivity index (χ0v) is 11.8. The molecule has 0 spiro atoms. The van der Waals surface area contributed by atoms with E-state index in [4.69, 9.17) is 5.73 Å². The van der Waals surface area contributed by atoms with Crippen molar-refractivity contribution in [2.45, 2.75) is 13.0 Å². The largest absolute Gasteiger partial charge is 0.324 e. The molecule has 112 valence electrons. The zero-order chi connectivity index (χ0) is 15.9. The molecule has 3 rings (SSSR count). The van der Waals surface area contributed by atoms with Crippen LogP contribution in [0.15, 0.2) is 42.5 Å². The maximum atomic E-state index is 13.5. The third kappa shape index (κ3) is 2.67. The van der Waals surface area contributed by atoms with Crippen molar-refractivity contribution in [3.8, 4) is 11.3 Å². The predicted octanol–water partition coefficient (Wildman–Crippen LogP) is 4.34. The molecule has 22 heavy (non-hydrogen) atoms. The van der Waals surface area contributed by atoms with Gasteiger partial charge in [-0.3, -0.25) is 0 Å². The minimum atomic E-state index is -0.702. The number of nitrogens with two attached hydrogens (primary N) is 1. The number of fused-ring (bicyclic) bond motifs is 1. The van der Waals surface area contributed by atoms with E-state index in [0.717, 1.165) is 6.07 Å². The Morgan fingerprint density at radius 1 is 0.909 bits per heavy atom. The number of aromatic nitrogens is 1. The summed E-state index contributed by atoms with van der Waals surface area (Å²) in [6.45, 7) is 1.76. The number of rotatable bonds is 2. The normalized spacial score (nSPS) is 12.6. The molecule has 2 aromatic carbocycles. The van der Waals surface area contributed by atoms with Gasteiger partial charge in [-0.25, -0.2) is 18.2 Å². The van der Waals surface area contributed by atoms with Gasteiger partial charge in [0.15, 0.2) is 0 Å². The number of benzene rings is 2. The van der Waals surface area contributed by atoms with Gasteiger partial charge in [-0.15, -0.1) is 0 Å². The summed E-state index contributed by atoms with van der Waals surface area (Å²) in [6.07, 6.45) is 0. The molecule has 0 unspecified atom stereocenters. The lowest BCUT2D eigenvalue weighted by Gasteiger charge is -2.14. The van der Waals surface area contributed by atoms with Crippen LogP contribution in [0, 0.1) is 17.5 Å². The minimum Gasteiger partial charge on any atom is -0.324 e. The minimum absolute atomic E-state index is 0.274. The Hall–Kier alpha value is -2.40. The van der Waals surface area contributed by atoms with Crippen molar-refractivity contribution >= 4 is 10.9 Å². The van der Waals surface area contributed by atoms with E-state index in [-0.39, 0.29) is 11.6 Å². The second-order valence-corrected chi connectivity index (χ2v) is 5.21. The monoisotopic (exact) mass is 302 g/mol. The molecule has 0 saturated heterocycles. The van der Waals surface area contributed by atoms with Gasteiger partial charge in [0.2, 0.25) is 0 Å². The van der Waals surface area contributed by atoms with Crippen molar-refractivity contribution in [2.75, 3.05) is 0 Å². The van der Waals surface area contributed by atoms with Crippen LogP contribution in [0.4, 0.5) is 13.2 Å². The van der Waals surface area contributed by atoms with E-state index in [9.17, 15) is 13.2 Å². The third-order valence-electron chi connectivity index (χ3n) is 3.44. The van der Waals surface area contributed by atoms with Crippen LogP contribution in [0.2, 0.25) is 0 Å². The Morgan fingerprint density at radius 2 is 1.59 bits per heavy atom. The van der Waals surface area contributed by atoms with E-state index in [0.29, 0.717) is 22.2 Å². The van der Waals surface area contributed by atoms with Crippen molar-refractivity contribution in [2.24, 2.45) is 5.73 Å². The number of halogens is 3. The van der Waals surface area contributed by atoms with Crippen LogP contribution >= 0.6 is 0 Å². The first-order valence-electron chi connectivity index (χ1n) is 6.76. The molecule has 1 heterocycles. The van der Waals surface area contributed by atoms with Crippen molar-refractivity contribution in [3.05, 3.63) is 65.5 Å². The van der Waals surface area contributed by atoms with E-state index in [1.807, 2.05) is 0 Å². The number of pyridine rings is 1. The molecular formula is C17H13F3N2. The highest BCUT2D eigenvalue weighted by molar-refractivity contribution is 5.83. The maximum absolute atomic E-state index is 13.5. The van der Waals surface area contributed by atoms with Gasteiger partial charge in [0.1, 0.15) is 17.5 Å². The Morgan fingerprint density at radius 3 is 2.23 bits per heavy atom. The van der Waals surface area contributed by atoms with Crippen LogP contribution in [0.5, 0.6) is 0 Å². The molecule has 0 radical (unpaired) electrons. The number of hydrogen-bond donors (Lipinski definition) is 1. The van der Waals surface area contributed by atoms with E-state index in [2.05, 4.69) is 4.98 Å². The quantitative estimate of drug-likeness (QED) is 0.765. The first kappa shape index (κ1) is 14.5. The van der Waals surface area contributed by atoms with E-state index in [1.165, 1.54) is 24.3 Å². The predicted molar refractivity (Wildman–Crippen MR) is 79.7 cm³/mol. The summed E-state index contributed by atoms with van der Waals surface area (Å²) in [5, 5.41) is 0.717. The highest BCUT2D eigenvalue weighted by atomic mass is 19.1. The van der Waals surface area contributed by atoms with Gasteiger partial charge >= 0.3 is 0 Å². The van der Waals surface area contributed by atoms with Gasteiger partial charge < -0.3 is 5.73 Å². The summed E-state index contributed by atoms with van der Waals surface area (Å²) in [5.41, 5.74) is 7.62. The van der Waals surface area contributed by atoms with Crippen molar-refractivity contribution in [1.29, 1.82) is 0 Å². The van der Waals surface area contributed by atoms with Crippen molar-refractivity contribution < 1.29 is 13.2 Å². The average Bonchev–Trinajstić information content (AvgIpc) is 2.44. The molecule has 1 atom stereocenters. The standard InChI is InChI=1S/C17H13F3N2/c1-9(21)15-6-10-2-3-12(18)8-16(10)22-17(15)11-4-13(19)7-14(20)5-11/h2-9H,21H2,1H3/t9-/m0/s1. The lowest BCUT2D eigenvalue weighted by atomic mass is 9.99. The highest BCUT2D eigenvalue weighted by Crippen LogP contribution is 2.30. The van der Waals surface area contributed by atoms with Crippen LogP contribution < -0.4 is 5.73 Å². The van der Waals surface area contributed by atoms with Crippen LogP contribution in [0.25, 0.3) is 22.2 Å². The van der Waals surface area contributed by atoms with E-state index >= 15 is 0 Å². The number of nitrogens with zero attached hydrogens (tertiary/aromatic N) is 1. The summed E-state index contributed by atoms with van der Waals surface area (Å²) < 4.78 is 40.3. The topological polar surface area (TPSA) is 38.9 Å². The van der Waals surface area contributed by atoms with Gasteiger partial charge in [0, 0.05) is 29.1 Å². The molecule has 0 bridgehead atoms. The molecule has 0 aliphatic carbocycles. The lowest BCUT2D eigenvalue weighted by molar-refractivity contribution is 0.584. The summed E-state index contributed by atoms with van der Waals surface area (Å²) in [6, 6.07) is 8.74. The molecule has 3 aromatic rings. The molecule has 0 aliphatic heterocycles. The summed E-state index contributed by atoms with van der Waals surface area (Å²) in [7, 11) is 0. The van der Waals surface area contributed by atoms with Crippen LogP contribution in [0.3, 0.4) is 0 Å². The van der Waals surface area contributed by atoms with Gasteiger partial charge in [-0.2, -0.15) is 0 Å². The molecule has 0 saturated carbocycles. The van der Waals surface area contributed by atoms with Gasteiger partial charge in [0.25, 0.3) is 0 Å². The molecule has 0 aliphatic rings. The van der Waals surface area contributed by atoms with Crippen LogP contribution in [0.1, 0.15) is 18.5 Å². The Labute approximate surface area is 125 Å². The molecule has 2 N–H and O–H groups in total. The highest BCUT2D eigenvalue weighted by Gasteiger charge is 2.14. The number of hydrogen-bond acceptors (Lipinski definition) is 2. The third-order valence-corrected chi connectivity index (χ3v) is 3.44. The van der Waals surface area contributed by atoms with Crippen LogP contribution in [-0.4, -0.2) is 4.98 Å². The van der Waals surface area contributed by atoms with Crippen LogP contribution in [-0.2, 0) is 0 Å². The molecule has 1 aromatic heterocycles. The fourth-order valence-corrected chi connectivity index (χ4v) is 2.43. The lowest BCUT2D eigenvalue weighted by Crippen LogP contribution is -2.08. The fourth-order valence-electron chi connectivity index (χ4n) is 2.43. The summed E-state index contributed by atoms with van der Waals surface area (Å²) >= 11 is 0. The second kappa shape index (κ2) is 5.42. The fraction of sp³-hybridized carbons (Fsp3) is 0.118. The first-order chi connectivity index (χ1) is 10.4. The summed E-state index contributed by atoms with van der Waals surface area (Å²) in [5.74, 6) is -1.83. The molecule has 0 fully saturated rings. The van der Waals surface area contributed by atoms with Gasteiger partial charge in [-0.1, -0.05) is 0 Å². The smallest absolute Gasteiger partial charge is 0.126 e. The SMILES string of the molecule is C[C@H](N)c1cc2ccc(F)cc2nc1-c1cc(F)cc(F)c1.